The van der Waals surface area contributed by atoms with Gasteiger partial charge in [-0.25, -0.2) is 9.97 Å². The highest BCUT2D eigenvalue weighted by Gasteiger charge is 2.02. The van der Waals surface area contributed by atoms with E-state index in [1.807, 2.05) is 6.26 Å². The summed E-state index contributed by atoms with van der Waals surface area (Å²) in [5.74, 6) is 0. The van der Waals surface area contributed by atoms with Crippen LogP contribution in [0.15, 0.2) is 17.4 Å². The van der Waals surface area contributed by atoms with Crippen molar-refractivity contribution in [2.24, 2.45) is 0 Å². The van der Waals surface area contributed by atoms with E-state index in [0.29, 0.717) is 10.9 Å². The Bertz CT molecular complexity index is 240. The van der Waals surface area contributed by atoms with Gasteiger partial charge in [-0.2, -0.15) is 0 Å². The Kier molecular flexibility index (Phi) is 2.84. The molecule has 0 aliphatic carbocycles. The number of aromatic nitrogens is 2. The highest BCUT2D eigenvalue weighted by atomic mass is 32.2. The first kappa shape index (κ1) is 8.49. The maximum atomic E-state index is 9.14. The Morgan fingerprint density at radius 2 is 2.36 bits per heavy atom. The van der Waals surface area contributed by atoms with E-state index in [0.717, 1.165) is 0 Å². The fraction of sp³-hybridized carbons (Fsp3) is 0.429. The zero-order valence-corrected chi connectivity index (χ0v) is 7.30. The lowest BCUT2D eigenvalue weighted by Gasteiger charge is -2.02. The molecule has 0 fully saturated rings. The molecule has 1 aromatic rings. The van der Waals surface area contributed by atoms with Gasteiger partial charge in [0.15, 0.2) is 5.16 Å². The largest absolute Gasteiger partial charge is 0.387 e. The first-order chi connectivity index (χ1) is 5.24. The number of rotatable bonds is 2. The molecule has 0 radical (unpaired) electrons. The normalized spacial score (nSPS) is 13.0. The second kappa shape index (κ2) is 3.69. The van der Waals surface area contributed by atoms with Gasteiger partial charge in [0.25, 0.3) is 0 Å². The molecule has 60 valence electrons. The van der Waals surface area contributed by atoms with Crippen molar-refractivity contribution in [3.8, 4) is 0 Å². The molecule has 0 aliphatic heterocycles. The van der Waals surface area contributed by atoms with Crippen molar-refractivity contribution in [3.05, 3.63) is 18.0 Å². The zero-order chi connectivity index (χ0) is 8.27. The third-order valence-corrected chi connectivity index (χ3v) is 1.83. The minimum Gasteiger partial charge on any atom is -0.387 e. The molecule has 3 nitrogen and oxygen atoms in total. The average Bonchev–Trinajstić information content (AvgIpc) is 2.05. The standard InChI is InChI=1S/C7H10N2OS/c1-5(10)6-3-4-8-7(9-6)11-2/h3-5,10H,1-2H3. The predicted octanol–water partition coefficient (Wildman–Crippen LogP) is 1.25. The Balaban J connectivity index is 2.91. The van der Waals surface area contributed by atoms with E-state index in [9.17, 15) is 0 Å². The van der Waals surface area contributed by atoms with E-state index in [2.05, 4.69) is 9.97 Å². The van der Waals surface area contributed by atoms with Gasteiger partial charge in [-0.15, -0.1) is 0 Å². The molecule has 11 heavy (non-hydrogen) atoms. The fourth-order valence-corrected chi connectivity index (χ4v) is 1.05. The van der Waals surface area contributed by atoms with Gasteiger partial charge in [-0.1, -0.05) is 11.8 Å². The summed E-state index contributed by atoms with van der Waals surface area (Å²) in [4.78, 5) is 8.07. The molecule has 4 heteroatoms. The van der Waals surface area contributed by atoms with Crippen LogP contribution in [-0.4, -0.2) is 21.3 Å². The molecule has 1 atom stereocenters. The van der Waals surface area contributed by atoms with Crippen LogP contribution < -0.4 is 0 Å². The molecule has 0 bridgehead atoms. The SMILES string of the molecule is CSc1nccc(C(C)O)n1. The Morgan fingerprint density at radius 3 is 2.91 bits per heavy atom. The van der Waals surface area contributed by atoms with Crippen LogP contribution in [-0.2, 0) is 0 Å². The monoisotopic (exact) mass is 170 g/mol. The van der Waals surface area contributed by atoms with Gasteiger partial charge in [0.1, 0.15) is 0 Å². The number of thioether (sulfide) groups is 1. The van der Waals surface area contributed by atoms with Crippen LogP contribution in [0.1, 0.15) is 18.7 Å². The molecule has 1 unspecified atom stereocenters. The Hall–Kier alpha value is -0.610. The van der Waals surface area contributed by atoms with Gasteiger partial charge >= 0.3 is 0 Å². The molecule has 0 spiro atoms. The summed E-state index contributed by atoms with van der Waals surface area (Å²) in [6.45, 7) is 1.69. The van der Waals surface area contributed by atoms with Crippen LogP contribution in [0.25, 0.3) is 0 Å². The summed E-state index contributed by atoms with van der Waals surface area (Å²) < 4.78 is 0. The van der Waals surface area contributed by atoms with Crippen molar-refractivity contribution in [2.75, 3.05) is 6.26 Å². The van der Waals surface area contributed by atoms with E-state index < -0.39 is 6.10 Å². The Labute approximate surface area is 69.9 Å². The summed E-state index contributed by atoms with van der Waals surface area (Å²) in [6, 6.07) is 1.71. The number of hydrogen-bond donors (Lipinski definition) is 1. The Morgan fingerprint density at radius 1 is 1.64 bits per heavy atom. The molecule has 1 rings (SSSR count). The van der Waals surface area contributed by atoms with E-state index in [1.165, 1.54) is 11.8 Å². The van der Waals surface area contributed by atoms with Crippen molar-refractivity contribution < 1.29 is 5.11 Å². The summed E-state index contributed by atoms with van der Waals surface area (Å²) >= 11 is 1.47. The minimum absolute atomic E-state index is 0.510. The smallest absolute Gasteiger partial charge is 0.187 e. The number of aliphatic hydroxyl groups is 1. The molecular formula is C7H10N2OS. The second-order valence-electron chi connectivity index (χ2n) is 2.14. The van der Waals surface area contributed by atoms with Crippen LogP contribution in [0.4, 0.5) is 0 Å². The van der Waals surface area contributed by atoms with Gasteiger partial charge in [0.2, 0.25) is 0 Å². The van der Waals surface area contributed by atoms with Gasteiger partial charge in [-0.05, 0) is 19.2 Å². The van der Waals surface area contributed by atoms with E-state index in [-0.39, 0.29) is 0 Å². The van der Waals surface area contributed by atoms with Gasteiger partial charge < -0.3 is 5.11 Å². The fourth-order valence-electron chi connectivity index (χ4n) is 0.685. The van der Waals surface area contributed by atoms with E-state index in [4.69, 9.17) is 5.11 Å². The van der Waals surface area contributed by atoms with Crippen molar-refractivity contribution in [1.82, 2.24) is 9.97 Å². The van der Waals surface area contributed by atoms with Crippen molar-refractivity contribution in [2.45, 2.75) is 18.2 Å². The minimum atomic E-state index is -0.510. The lowest BCUT2D eigenvalue weighted by Crippen LogP contribution is -1.97. The molecule has 0 aromatic carbocycles. The van der Waals surface area contributed by atoms with Gasteiger partial charge in [0, 0.05) is 6.20 Å². The lowest BCUT2D eigenvalue weighted by atomic mass is 10.3. The second-order valence-corrected chi connectivity index (χ2v) is 2.92. The highest BCUT2D eigenvalue weighted by Crippen LogP contribution is 2.12. The van der Waals surface area contributed by atoms with E-state index in [1.54, 1.807) is 19.2 Å². The van der Waals surface area contributed by atoms with Crippen LogP contribution >= 0.6 is 11.8 Å². The van der Waals surface area contributed by atoms with Crippen LogP contribution in [0.5, 0.6) is 0 Å². The number of nitrogens with zero attached hydrogens (tertiary/aromatic N) is 2. The summed E-state index contributed by atoms with van der Waals surface area (Å²) in [7, 11) is 0. The van der Waals surface area contributed by atoms with E-state index >= 15 is 0 Å². The molecule has 0 aliphatic rings. The van der Waals surface area contributed by atoms with Crippen molar-refractivity contribution >= 4 is 11.8 Å². The first-order valence-electron chi connectivity index (χ1n) is 3.29. The van der Waals surface area contributed by atoms with Gasteiger partial charge in [0.05, 0.1) is 11.8 Å². The number of hydrogen-bond acceptors (Lipinski definition) is 4. The third kappa shape index (κ3) is 2.17. The van der Waals surface area contributed by atoms with Crippen molar-refractivity contribution in [1.29, 1.82) is 0 Å². The van der Waals surface area contributed by atoms with Crippen LogP contribution in [0, 0.1) is 0 Å². The first-order valence-corrected chi connectivity index (χ1v) is 4.51. The topological polar surface area (TPSA) is 46.0 Å². The molecule has 0 amide bonds. The predicted molar refractivity (Wildman–Crippen MR) is 44.4 cm³/mol. The summed E-state index contributed by atoms with van der Waals surface area (Å²) in [6.07, 6.45) is 3.05. The lowest BCUT2D eigenvalue weighted by molar-refractivity contribution is 0.193. The van der Waals surface area contributed by atoms with Gasteiger partial charge in [-0.3, -0.25) is 0 Å². The van der Waals surface area contributed by atoms with Crippen LogP contribution in [0.3, 0.4) is 0 Å². The molecule has 1 heterocycles. The molecule has 1 N–H and O–H groups in total. The average molecular weight is 170 g/mol. The summed E-state index contributed by atoms with van der Waals surface area (Å²) in [5.41, 5.74) is 0.671. The molecule has 0 saturated heterocycles. The maximum Gasteiger partial charge on any atom is 0.187 e. The zero-order valence-electron chi connectivity index (χ0n) is 6.48. The maximum absolute atomic E-state index is 9.14. The van der Waals surface area contributed by atoms with Crippen LogP contribution in [0.2, 0.25) is 0 Å². The summed E-state index contributed by atoms with van der Waals surface area (Å²) in [5, 5.41) is 9.84. The molecule has 0 saturated carbocycles. The quantitative estimate of drug-likeness (QED) is 0.536. The highest BCUT2D eigenvalue weighted by molar-refractivity contribution is 7.98. The number of aliphatic hydroxyl groups excluding tert-OH is 1. The van der Waals surface area contributed by atoms with Crippen molar-refractivity contribution in [3.63, 3.8) is 0 Å². The molecular weight excluding hydrogens is 160 g/mol. The molecule has 1 aromatic heterocycles. The third-order valence-electron chi connectivity index (χ3n) is 1.27.